The Morgan fingerprint density at radius 3 is 2.59 bits per heavy atom. The average Bonchev–Trinajstić information content (AvgIpc) is 2.28. The molecule has 0 aliphatic carbocycles. The molecule has 0 bridgehead atoms. The molecule has 0 saturated carbocycles. The van der Waals surface area contributed by atoms with Crippen molar-refractivity contribution in [2.24, 2.45) is 0 Å². The fourth-order valence-corrected chi connectivity index (χ4v) is 1.06. The number of nitrogens with one attached hydrogen (secondary N) is 1. The van der Waals surface area contributed by atoms with Crippen LogP contribution in [0.1, 0.15) is 5.56 Å². The van der Waals surface area contributed by atoms with Crippen molar-refractivity contribution in [1.29, 1.82) is 5.26 Å². The molecule has 17 heavy (non-hydrogen) atoms. The van der Waals surface area contributed by atoms with Crippen LogP contribution in [0.3, 0.4) is 0 Å². The summed E-state index contributed by atoms with van der Waals surface area (Å²) in [5.74, 6) is -4.12. The standard InChI is InChI=1S/C10H9F4N3/c11-9(12)10(13,14)5-17-7-1-2-8(16)6(3-7)4-15/h1-3,9,17H,5,16H2. The van der Waals surface area contributed by atoms with Crippen molar-refractivity contribution >= 4 is 11.4 Å². The first-order valence-corrected chi connectivity index (χ1v) is 4.56. The van der Waals surface area contributed by atoms with Gasteiger partial charge in [0.15, 0.2) is 0 Å². The van der Waals surface area contributed by atoms with Gasteiger partial charge in [-0.3, -0.25) is 0 Å². The van der Waals surface area contributed by atoms with Gasteiger partial charge in [-0.1, -0.05) is 0 Å². The molecular formula is C10H9F4N3. The Bertz CT molecular complexity index is 440. The third kappa shape index (κ3) is 3.24. The number of nitrogens with two attached hydrogens (primary N) is 1. The average molecular weight is 247 g/mol. The maximum Gasteiger partial charge on any atom is 0.324 e. The zero-order chi connectivity index (χ0) is 13.1. The highest BCUT2D eigenvalue weighted by Crippen LogP contribution is 2.24. The number of halogens is 4. The van der Waals surface area contributed by atoms with Crippen molar-refractivity contribution in [1.82, 2.24) is 0 Å². The Hall–Kier alpha value is -1.97. The van der Waals surface area contributed by atoms with Crippen molar-refractivity contribution < 1.29 is 17.6 Å². The second-order valence-electron chi connectivity index (χ2n) is 3.33. The predicted molar refractivity (Wildman–Crippen MR) is 55.0 cm³/mol. The van der Waals surface area contributed by atoms with Crippen LogP contribution in [0.25, 0.3) is 0 Å². The molecule has 0 saturated heterocycles. The largest absolute Gasteiger partial charge is 0.398 e. The SMILES string of the molecule is N#Cc1cc(NCC(F)(F)C(F)F)ccc1N. The van der Waals surface area contributed by atoms with Gasteiger partial charge >= 0.3 is 12.3 Å². The molecule has 1 aromatic rings. The topological polar surface area (TPSA) is 61.8 Å². The van der Waals surface area contributed by atoms with E-state index in [1.807, 2.05) is 0 Å². The minimum Gasteiger partial charge on any atom is -0.398 e. The summed E-state index contributed by atoms with van der Waals surface area (Å²) in [6.45, 7) is -1.21. The number of hydrogen-bond donors (Lipinski definition) is 2. The van der Waals surface area contributed by atoms with E-state index in [4.69, 9.17) is 11.0 Å². The monoisotopic (exact) mass is 247 g/mol. The van der Waals surface area contributed by atoms with Crippen LogP contribution in [-0.2, 0) is 0 Å². The molecule has 0 aliphatic heterocycles. The van der Waals surface area contributed by atoms with Crippen molar-refractivity contribution in [3.05, 3.63) is 23.8 Å². The van der Waals surface area contributed by atoms with Gasteiger partial charge in [-0.2, -0.15) is 14.0 Å². The summed E-state index contributed by atoms with van der Waals surface area (Å²) in [6, 6.07) is 5.64. The van der Waals surface area contributed by atoms with Gasteiger partial charge in [-0.25, -0.2) is 8.78 Å². The zero-order valence-electron chi connectivity index (χ0n) is 8.55. The summed E-state index contributed by atoms with van der Waals surface area (Å²) in [6.07, 6.45) is -3.74. The summed E-state index contributed by atoms with van der Waals surface area (Å²) in [4.78, 5) is 0. The summed E-state index contributed by atoms with van der Waals surface area (Å²) >= 11 is 0. The number of nitrogens with zero attached hydrogens (tertiary/aromatic N) is 1. The number of anilines is 2. The van der Waals surface area contributed by atoms with Crippen LogP contribution in [0, 0.1) is 11.3 Å². The van der Waals surface area contributed by atoms with Crippen LogP contribution in [-0.4, -0.2) is 18.9 Å². The molecule has 0 spiro atoms. The molecule has 0 aliphatic rings. The van der Waals surface area contributed by atoms with E-state index in [-0.39, 0.29) is 16.9 Å². The number of hydrogen-bond acceptors (Lipinski definition) is 3. The molecule has 0 aromatic heterocycles. The Morgan fingerprint density at radius 1 is 1.41 bits per heavy atom. The minimum atomic E-state index is -4.12. The molecule has 0 heterocycles. The maximum atomic E-state index is 12.6. The normalized spacial score (nSPS) is 11.3. The highest BCUT2D eigenvalue weighted by molar-refractivity contribution is 5.61. The molecule has 1 aromatic carbocycles. The first-order valence-electron chi connectivity index (χ1n) is 4.56. The molecule has 0 fully saturated rings. The Labute approximate surface area is 94.8 Å². The molecule has 0 amide bonds. The van der Waals surface area contributed by atoms with E-state index in [0.717, 1.165) is 0 Å². The summed E-state index contributed by atoms with van der Waals surface area (Å²) in [7, 11) is 0. The highest BCUT2D eigenvalue weighted by atomic mass is 19.3. The number of benzene rings is 1. The second-order valence-corrected chi connectivity index (χ2v) is 3.33. The first kappa shape index (κ1) is 13.1. The lowest BCUT2D eigenvalue weighted by Gasteiger charge is -2.16. The Kier molecular flexibility index (Phi) is 3.78. The number of rotatable bonds is 4. The van der Waals surface area contributed by atoms with Crippen LogP contribution in [0.2, 0.25) is 0 Å². The molecule has 0 atom stereocenters. The van der Waals surface area contributed by atoms with Crippen LogP contribution in [0.5, 0.6) is 0 Å². The molecule has 0 radical (unpaired) electrons. The van der Waals surface area contributed by atoms with Gasteiger partial charge in [-0.15, -0.1) is 0 Å². The summed E-state index contributed by atoms with van der Waals surface area (Å²) < 4.78 is 48.9. The lowest BCUT2D eigenvalue weighted by molar-refractivity contribution is -0.117. The van der Waals surface area contributed by atoms with Crippen molar-refractivity contribution in [2.75, 3.05) is 17.6 Å². The van der Waals surface area contributed by atoms with E-state index < -0.39 is 18.9 Å². The van der Waals surface area contributed by atoms with Gasteiger partial charge in [0.25, 0.3) is 0 Å². The van der Waals surface area contributed by atoms with Gasteiger partial charge in [-0.05, 0) is 18.2 Å². The van der Waals surface area contributed by atoms with Gasteiger partial charge in [0.05, 0.1) is 12.1 Å². The first-order chi connectivity index (χ1) is 7.86. The van der Waals surface area contributed by atoms with Crippen molar-refractivity contribution in [3.8, 4) is 6.07 Å². The third-order valence-corrected chi connectivity index (χ3v) is 2.02. The summed E-state index contributed by atoms with van der Waals surface area (Å²) in [5, 5.41) is 10.8. The highest BCUT2D eigenvalue weighted by Gasteiger charge is 2.40. The number of nitrogen functional groups attached to an aromatic ring is 1. The van der Waals surface area contributed by atoms with E-state index in [1.54, 1.807) is 6.07 Å². The summed E-state index contributed by atoms with van der Waals surface area (Å²) in [5.41, 5.74) is 5.83. The maximum absolute atomic E-state index is 12.6. The van der Waals surface area contributed by atoms with Crippen LogP contribution in [0.4, 0.5) is 28.9 Å². The quantitative estimate of drug-likeness (QED) is 0.634. The van der Waals surface area contributed by atoms with Crippen molar-refractivity contribution in [2.45, 2.75) is 12.3 Å². The molecule has 92 valence electrons. The van der Waals surface area contributed by atoms with Crippen LogP contribution < -0.4 is 11.1 Å². The third-order valence-electron chi connectivity index (χ3n) is 2.02. The number of alkyl halides is 4. The minimum absolute atomic E-state index is 0.0929. The van der Waals surface area contributed by atoms with Gasteiger partial charge < -0.3 is 11.1 Å². The number of nitriles is 1. The molecule has 1 rings (SSSR count). The van der Waals surface area contributed by atoms with E-state index in [1.165, 1.54) is 18.2 Å². The zero-order valence-corrected chi connectivity index (χ0v) is 8.55. The fraction of sp³-hybridized carbons (Fsp3) is 0.300. The Balaban J connectivity index is 2.74. The second kappa shape index (κ2) is 4.91. The smallest absolute Gasteiger partial charge is 0.324 e. The van der Waals surface area contributed by atoms with Gasteiger partial charge in [0.1, 0.15) is 6.07 Å². The van der Waals surface area contributed by atoms with Crippen LogP contribution in [0.15, 0.2) is 18.2 Å². The van der Waals surface area contributed by atoms with Crippen molar-refractivity contribution in [3.63, 3.8) is 0 Å². The molecule has 0 unspecified atom stereocenters. The molecular weight excluding hydrogens is 238 g/mol. The molecule has 7 heteroatoms. The molecule has 3 N–H and O–H groups in total. The molecule has 3 nitrogen and oxygen atoms in total. The predicted octanol–water partition coefficient (Wildman–Crippen LogP) is 2.45. The van der Waals surface area contributed by atoms with Gasteiger partial charge in [0.2, 0.25) is 0 Å². The lowest BCUT2D eigenvalue weighted by atomic mass is 10.1. The van der Waals surface area contributed by atoms with Crippen LogP contribution >= 0.6 is 0 Å². The Morgan fingerprint density at radius 2 is 2.06 bits per heavy atom. The van der Waals surface area contributed by atoms with Gasteiger partial charge in [0, 0.05) is 11.4 Å². The lowest BCUT2D eigenvalue weighted by Crippen LogP contribution is -2.34. The fourth-order valence-electron chi connectivity index (χ4n) is 1.06. The van der Waals surface area contributed by atoms with E-state index in [0.29, 0.717) is 0 Å². The van der Waals surface area contributed by atoms with E-state index in [9.17, 15) is 17.6 Å². The van der Waals surface area contributed by atoms with E-state index in [2.05, 4.69) is 5.32 Å². The van der Waals surface area contributed by atoms with E-state index >= 15 is 0 Å².